The molecule has 0 heterocycles. The van der Waals surface area contributed by atoms with Crippen LogP contribution < -0.4 is 0 Å². The van der Waals surface area contributed by atoms with E-state index in [0.717, 1.165) is 12.8 Å². The van der Waals surface area contributed by atoms with Crippen molar-refractivity contribution in [3.8, 4) is 0 Å². The minimum atomic E-state index is -0.423. The molecule has 0 aliphatic rings. The van der Waals surface area contributed by atoms with E-state index in [1.807, 2.05) is 6.92 Å². The van der Waals surface area contributed by atoms with Gasteiger partial charge in [-0.3, -0.25) is 9.59 Å². The lowest BCUT2D eigenvalue weighted by Gasteiger charge is -2.09. The van der Waals surface area contributed by atoms with Crippen molar-refractivity contribution in [2.45, 2.75) is 78.1 Å². The lowest BCUT2D eigenvalue weighted by atomic mass is 9.96. The summed E-state index contributed by atoms with van der Waals surface area (Å²) in [5.41, 5.74) is 0. The molecule has 0 rings (SSSR count). The fraction of sp³-hybridized carbons (Fsp3) is 0.875. The van der Waals surface area contributed by atoms with Crippen LogP contribution in [0.1, 0.15) is 78.1 Å². The fourth-order valence-corrected chi connectivity index (χ4v) is 2.13. The van der Waals surface area contributed by atoms with Crippen molar-refractivity contribution in [1.82, 2.24) is 0 Å². The average molecular weight is 270 g/mol. The summed E-state index contributed by atoms with van der Waals surface area (Å²) in [6, 6.07) is 0. The highest BCUT2D eigenvalue weighted by Gasteiger charge is 2.16. The standard InChI is InChI=1S/C16H30O3/c1-4-5-6-7-8-9-10-11-12-14(2)15(17)13-16(18)19-3/h14H,4-13H2,1-3H3/t14-/m1/s1. The Labute approximate surface area is 118 Å². The number of carbonyl (C=O) groups is 2. The minimum Gasteiger partial charge on any atom is -0.469 e. The van der Waals surface area contributed by atoms with Crippen LogP contribution in [0.3, 0.4) is 0 Å². The molecule has 0 spiro atoms. The molecule has 0 aliphatic carbocycles. The number of esters is 1. The lowest BCUT2D eigenvalue weighted by Crippen LogP contribution is -2.16. The first-order valence-corrected chi connectivity index (χ1v) is 7.71. The van der Waals surface area contributed by atoms with E-state index in [-0.39, 0.29) is 18.1 Å². The van der Waals surface area contributed by atoms with Crippen molar-refractivity contribution in [2.75, 3.05) is 7.11 Å². The summed E-state index contributed by atoms with van der Waals surface area (Å²) in [7, 11) is 1.32. The van der Waals surface area contributed by atoms with Gasteiger partial charge in [-0.25, -0.2) is 0 Å². The molecule has 0 N–H and O–H groups in total. The molecule has 0 saturated carbocycles. The molecule has 0 bridgehead atoms. The van der Waals surface area contributed by atoms with Gasteiger partial charge in [0.05, 0.1) is 7.11 Å². The van der Waals surface area contributed by atoms with Crippen LogP contribution in [0, 0.1) is 5.92 Å². The number of ether oxygens (including phenoxy) is 1. The Morgan fingerprint density at radius 3 is 2.00 bits per heavy atom. The summed E-state index contributed by atoms with van der Waals surface area (Å²) < 4.78 is 4.50. The molecule has 19 heavy (non-hydrogen) atoms. The summed E-state index contributed by atoms with van der Waals surface area (Å²) in [4.78, 5) is 22.6. The number of carbonyl (C=O) groups excluding carboxylic acids is 2. The topological polar surface area (TPSA) is 43.4 Å². The number of Topliss-reactive ketones (excluding diaryl/α,β-unsaturated/α-hetero) is 1. The zero-order chi connectivity index (χ0) is 14.5. The number of hydrogen-bond acceptors (Lipinski definition) is 3. The normalized spacial score (nSPS) is 12.2. The summed E-state index contributed by atoms with van der Waals surface area (Å²) in [5.74, 6) is -0.429. The number of rotatable bonds is 12. The number of unbranched alkanes of at least 4 members (excludes halogenated alkanes) is 7. The second kappa shape index (κ2) is 12.2. The van der Waals surface area contributed by atoms with Crippen LogP contribution in [0.4, 0.5) is 0 Å². The highest BCUT2D eigenvalue weighted by molar-refractivity contribution is 5.96. The van der Waals surface area contributed by atoms with E-state index < -0.39 is 5.97 Å². The second-order valence-electron chi connectivity index (χ2n) is 5.38. The van der Waals surface area contributed by atoms with Gasteiger partial charge in [0, 0.05) is 5.92 Å². The van der Waals surface area contributed by atoms with Gasteiger partial charge in [0.25, 0.3) is 0 Å². The van der Waals surface area contributed by atoms with Gasteiger partial charge in [-0.1, -0.05) is 65.2 Å². The maximum atomic E-state index is 11.6. The molecule has 0 radical (unpaired) electrons. The van der Waals surface area contributed by atoms with E-state index in [4.69, 9.17) is 0 Å². The maximum Gasteiger partial charge on any atom is 0.313 e. The van der Waals surface area contributed by atoms with Crippen molar-refractivity contribution in [3.63, 3.8) is 0 Å². The van der Waals surface area contributed by atoms with Gasteiger partial charge in [-0.2, -0.15) is 0 Å². The average Bonchev–Trinajstić information content (AvgIpc) is 2.41. The predicted molar refractivity (Wildman–Crippen MR) is 78.0 cm³/mol. The number of hydrogen-bond donors (Lipinski definition) is 0. The van der Waals surface area contributed by atoms with Gasteiger partial charge in [-0.05, 0) is 6.42 Å². The highest BCUT2D eigenvalue weighted by atomic mass is 16.5. The predicted octanol–water partition coefficient (Wildman–Crippen LogP) is 4.29. The first-order chi connectivity index (χ1) is 9.11. The highest BCUT2D eigenvalue weighted by Crippen LogP contribution is 2.14. The maximum absolute atomic E-state index is 11.6. The summed E-state index contributed by atoms with van der Waals surface area (Å²) in [6.45, 7) is 4.14. The summed E-state index contributed by atoms with van der Waals surface area (Å²) >= 11 is 0. The Kier molecular flexibility index (Phi) is 11.6. The van der Waals surface area contributed by atoms with Crippen LogP contribution in [0.2, 0.25) is 0 Å². The molecule has 0 fully saturated rings. The zero-order valence-corrected chi connectivity index (χ0v) is 12.9. The van der Waals surface area contributed by atoms with E-state index in [2.05, 4.69) is 11.7 Å². The molecular formula is C16H30O3. The fourth-order valence-electron chi connectivity index (χ4n) is 2.13. The van der Waals surface area contributed by atoms with Crippen molar-refractivity contribution in [1.29, 1.82) is 0 Å². The molecule has 0 aromatic rings. The monoisotopic (exact) mass is 270 g/mol. The Balaban J connectivity index is 3.45. The molecule has 0 aromatic heterocycles. The largest absolute Gasteiger partial charge is 0.469 e. The van der Waals surface area contributed by atoms with Gasteiger partial charge in [0.1, 0.15) is 12.2 Å². The molecule has 3 heteroatoms. The second-order valence-corrected chi connectivity index (χ2v) is 5.38. The van der Waals surface area contributed by atoms with Crippen molar-refractivity contribution >= 4 is 11.8 Å². The molecule has 0 aromatic carbocycles. The van der Waals surface area contributed by atoms with E-state index >= 15 is 0 Å². The van der Waals surface area contributed by atoms with Gasteiger partial charge < -0.3 is 4.74 Å². The molecule has 0 amide bonds. The minimum absolute atomic E-state index is 0.00907. The number of methoxy groups -OCH3 is 1. The van der Waals surface area contributed by atoms with E-state index in [9.17, 15) is 9.59 Å². The Morgan fingerprint density at radius 2 is 1.47 bits per heavy atom. The molecule has 0 unspecified atom stereocenters. The molecule has 3 nitrogen and oxygen atoms in total. The van der Waals surface area contributed by atoms with Crippen molar-refractivity contribution in [2.24, 2.45) is 5.92 Å². The molecule has 0 aliphatic heterocycles. The summed E-state index contributed by atoms with van der Waals surface area (Å²) in [5, 5.41) is 0. The van der Waals surface area contributed by atoms with Gasteiger partial charge in [0.2, 0.25) is 0 Å². The van der Waals surface area contributed by atoms with E-state index in [0.29, 0.717) is 0 Å². The number of ketones is 1. The van der Waals surface area contributed by atoms with Crippen LogP contribution in [0.5, 0.6) is 0 Å². The van der Waals surface area contributed by atoms with Crippen LogP contribution in [-0.2, 0) is 14.3 Å². The molecular weight excluding hydrogens is 240 g/mol. The Bertz CT molecular complexity index is 248. The van der Waals surface area contributed by atoms with E-state index in [1.165, 1.54) is 52.1 Å². The first-order valence-electron chi connectivity index (χ1n) is 7.71. The third-order valence-electron chi connectivity index (χ3n) is 3.59. The van der Waals surface area contributed by atoms with Crippen molar-refractivity contribution < 1.29 is 14.3 Å². The van der Waals surface area contributed by atoms with Crippen molar-refractivity contribution in [3.05, 3.63) is 0 Å². The van der Waals surface area contributed by atoms with Crippen LogP contribution >= 0.6 is 0 Å². The Morgan fingerprint density at radius 1 is 0.947 bits per heavy atom. The van der Waals surface area contributed by atoms with Gasteiger partial charge in [-0.15, -0.1) is 0 Å². The molecule has 112 valence electrons. The van der Waals surface area contributed by atoms with Crippen LogP contribution in [-0.4, -0.2) is 18.9 Å². The third-order valence-corrected chi connectivity index (χ3v) is 3.59. The molecule has 1 atom stereocenters. The lowest BCUT2D eigenvalue weighted by molar-refractivity contribution is -0.144. The van der Waals surface area contributed by atoms with Crippen LogP contribution in [0.25, 0.3) is 0 Å². The van der Waals surface area contributed by atoms with E-state index in [1.54, 1.807) is 0 Å². The zero-order valence-electron chi connectivity index (χ0n) is 12.9. The smallest absolute Gasteiger partial charge is 0.313 e. The molecule has 0 saturated heterocycles. The summed E-state index contributed by atoms with van der Waals surface area (Å²) in [6.07, 6.45) is 11.0. The SMILES string of the molecule is CCCCCCCCCC[C@@H](C)C(=O)CC(=O)OC. The Hall–Kier alpha value is -0.860. The van der Waals surface area contributed by atoms with Gasteiger partial charge >= 0.3 is 5.97 Å². The van der Waals surface area contributed by atoms with Crippen LogP contribution in [0.15, 0.2) is 0 Å². The first kappa shape index (κ1) is 18.1. The van der Waals surface area contributed by atoms with Gasteiger partial charge in [0.15, 0.2) is 0 Å². The quantitative estimate of drug-likeness (QED) is 0.302. The third kappa shape index (κ3) is 10.7.